The van der Waals surface area contributed by atoms with Crippen molar-refractivity contribution in [3.63, 3.8) is 0 Å². The topological polar surface area (TPSA) is 125 Å². The zero-order valence-corrected chi connectivity index (χ0v) is 21.0. The van der Waals surface area contributed by atoms with E-state index in [1.807, 2.05) is 67.8 Å². The molecule has 0 aliphatic carbocycles. The number of rotatable bonds is 7. The van der Waals surface area contributed by atoms with E-state index in [0.717, 1.165) is 4.90 Å². The zero-order valence-electron chi connectivity index (χ0n) is 14.5. The summed E-state index contributed by atoms with van der Waals surface area (Å²) in [5.41, 5.74) is 0.662. The fourth-order valence-corrected chi connectivity index (χ4v) is 6.45. The molecule has 3 amide bonds. The van der Waals surface area contributed by atoms with Crippen molar-refractivity contribution in [2.24, 2.45) is 0 Å². The SMILES string of the molecule is CNC(=O)c1c(I)c(NC(=O)COC)c(I)c(C(=O)N(C)CC(=O)O)c1I. The molecule has 0 saturated heterocycles. The van der Waals surface area contributed by atoms with Gasteiger partial charge in [0, 0.05) is 24.8 Å². The Labute approximate surface area is 196 Å². The minimum atomic E-state index is -1.17. The van der Waals surface area contributed by atoms with Gasteiger partial charge in [-0.15, -0.1) is 0 Å². The summed E-state index contributed by atoms with van der Waals surface area (Å²) in [6.07, 6.45) is 0. The number of carbonyl (C=O) groups is 4. The number of halogens is 3. The summed E-state index contributed by atoms with van der Waals surface area (Å²) in [6, 6.07) is 0. The van der Waals surface area contributed by atoms with Gasteiger partial charge >= 0.3 is 5.97 Å². The Hall–Kier alpha value is -0.750. The van der Waals surface area contributed by atoms with Crippen molar-refractivity contribution < 1.29 is 29.0 Å². The average molecular weight is 715 g/mol. The first kappa shape index (κ1) is 24.3. The largest absolute Gasteiger partial charge is 0.480 e. The number of carboxylic acids is 1. The minimum absolute atomic E-state index is 0.145. The van der Waals surface area contributed by atoms with E-state index in [-0.39, 0.29) is 17.7 Å². The highest BCUT2D eigenvalue weighted by atomic mass is 127. The fraction of sp³-hybridized carbons (Fsp3) is 0.333. The summed E-state index contributed by atoms with van der Waals surface area (Å²) < 4.78 is 6.03. The van der Waals surface area contributed by atoms with Crippen LogP contribution in [0, 0.1) is 10.7 Å². The second kappa shape index (κ2) is 10.7. The van der Waals surface area contributed by atoms with Crippen molar-refractivity contribution in [2.75, 3.05) is 39.7 Å². The van der Waals surface area contributed by atoms with Crippen LogP contribution < -0.4 is 10.6 Å². The third kappa shape index (κ3) is 5.86. The van der Waals surface area contributed by atoms with Gasteiger partial charge in [-0.3, -0.25) is 19.2 Å². The van der Waals surface area contributed by atoms with Gasteiger partial charge in [0.15, 0.2) is 0 Å². The molecule has 1 aromatic carbocycles. The maximum atomic E-state index is 12.8. The van der Waals surface area contributed by atoms with E-state index in [0.29, 0.717) is 16.4 Å². The third-order valence-electron chi connectivity index (χ3n) is 3.24. The van der Waals surface area contributed by atoms with Crippen molar-refractivity contribution in [1.29, 1.82) is 0 Å². The molecule has 3 N–H and O–H groups in total. The monoisotopic (exact) mass is 715 g/mol. The first-order valence-electron chi connectivity index (χ1n) is 7.25. The third-order valence-corrected chi connectivity index (χ3v) is 6.48. The standard InChI is InChI=1S/C15H16I3N3O6/c1-19-14(25)8-10(16)9(15(26)21(2)4-7(23)24)12(18)13(11(8)17)20-6(22)5-27-3/h4-5H2,1-3H3,(H,19,25)(H,20,22)(H,23,24). The maximum absolute atomic E-state index is 12.8. The molecule has 0 aliphatic heterocycles. The molecule has 0 fully saturated rings. The van der Waals surface area contributed by atoms with Crippen molar-refractivity contribution >= 4 is 97.2 Å². The van der Waals surface area contributed by atoms with Crippen LogP contribution in [0.15, 0.2) is 0 Å². The molecular formula is C15H16I3N3O6. The van der Waals surface area contributed by atoms with E-state index in [1.165, 1.54) is 21.2 Å². The molecule has 12 heteroatoms. The van der Waals surface area contributed by atoms with Gasteiger partial charge in [0.2, 0.25) is 5.91 Å². The lowest BCUT2D eigenvalue weighted by Gasteiger charge is -2.22. The van der Waals surface area contributed by atoms with Crippen molar-refractivity contribution in [2.45, 2.75) is 0 Å². The van der Waals surface area contributed by atoms with Crippen molar-refractivity contribution in [3.05, 3.63) is 21.8 Å². The fourth-order valence-electron chi connectivity index (χ4n) is 2.06. The van der Waals surface area contributed by atoms with E-state index in [2.05, 4.69) is 10.6 Å². The first-order valence-corrected chi connectivity index (χ1v) is 10.5. The second-order valence-corrected chi connectivity index (χ2v) is 8.42. The van der Waals surface area contributed by atoms with Gasteiger partial charge in [0.25, 0.3) is 11.8 Å². The highest BCUT2D eigenvalue weighted by Crippen LogP contribution is 2.36. The van der Waals surface area contributed by atoms with Gasteiger partial charge in [-0.2, -0.15) is 0 Å². The van der Waals surface area contributed by atoms with Crippen LogP contribution in [0.2, 0.25) is 0 Å². The van der Waals surface area contributed by atoms with Gasteiger partial charge in [-0.25, -0.2) is 0 Å². The number of hydrogen-bond acceptors (Lipinski definition) is 5. The van der Waals surface area contributed by atoms with Crippen LogP contribution in [0.5, 0.6) is 0 Å². The molecule has 0 aromatic heterocycles. The predicted molar refractivity (Wildman–Crippen MR) is 123 cm³/mol. The van der Waals surface area contributed by atoms with Crippen LogP contribution in [0.3, 0.4) is 0 Å². The Balaban J connectivity index is 3.66. The molecule has 1 aromatic rings. The summed E-state index contributed by atoms with van der Waals surface area (Å²) in [4.78, 5) is 49.2. The van der Waals surface area contributed by atoms with Gasteiger partial charge in [-0.05, 0) is 67.8 Å². The summed E-state index contributed by atoms with van der Waals surface area (Å²) in [6.45, 7) is -0.701. The predicted octanol–water partition coefficient (Wildman–Crippen LogP) is 1.60. The van der Waals surface area contributed by atoms with Crippen LogP contribution in [-0.2, 0) is 14.3 Å². The number of nitrogens with zero attached hydrogens (tertiary/aromatic N) is 1. The lowest BCUT2D eigenvalue weighted by Crippen LogP contribution is -2.34. The summed E-state index contributed by atoms with van der Waals surface area (Å²) in [7, 11) is 4.17. The Morgan fingerprint density at radius 2 is 1.63 bits per heavy atom. The van der Waals surface area contributed by atoms with E-state index < -0.39 is 30.2 Å². The normalized spacial score (nSPS) is 10.3. The Bertz CT molecular complexity index is 800. The zero-order chi connectivity index (χ0) is 20.9. The number of carbonyl (C=O) groups excluding carboxylic acids is 3. The molecule has 0 aliphatic rings. The molecule has 0 spiro atoms. The number of ether oxygens (including phenoxy) is 1. The molecule has 0 heterocycles. The van der Waals surface area contributed by atoms with Crippen LogP contribution in [-0.4, -0.2) is 68.1 Å². The number of anilines is 1. The van der Waals surface area contributed by atoms with Crippen molar-refractivity contribution in [1.82, 2.24) is 10.2 Å². The summed E-state index contributed by atoms with van der Waals surface area (Å²) in [5.74, 6) is -2.62. The Morgan fingerprint density at radius 3 is 2.11 bits per heavy atom. The van der Waals surface area contributed by atoms with Crippen LogP contribution in [0.4, 0.5) is 5.69 Å². The summed E-state index contributed by atoms with van der Waals surface area (Å²) in [5, 5.41) is 14.1. The molecular weight excluding hydrogens is 699 g/mol. The Kier molecular flexibility index (Phi) is 9.63. The van der Waals surface area contributed by atoms with Crippen molar-refractivity contribution in [3.8, 4) is 0 Å². The van der Waals surface area contributed by atoms with E-state index in [1.54, 1.807) is 0 Å². The lowest BCUT2D eigenvalue weighted by atomic mass is 10.1. The van der Waals surface area contributed by atoms with Gasteiger partial charge < -0.3 is 25.4 Å². The van der Waals surface area contributed by atoms with E-state index in [9.17, 15) is 19.2 Å². The van der Waals surface area contributed by atoms with Gasteiger partial charge in [-0.1, -0.05) is 0 Å². The molecule has 0 radical (unpaired) electrons. The number of amides is 3. The van der Waals surface area contributed by atoms with Crippen LogP contribution in [0.25, 0.3) is 0 Å². The van der Waals surface area contributed by atoms with Crippen LogP contribution >= 0.6 is 67.8 Å². The van der Waals surface area contributed by atoms with E-state index in [4.69, 9.17) is 9.84 Å². The number of carboxylic acid groups (broad SMARTS) is 1. The number of hydrogen-bond donors (Lipinski definition) is 3. The minimum Gasteiger partial charge on any atom is -0.480 e. The number of nitrogens with one attached hydrogen (secondary N) is 2. The number of aliphatic carboxylic acids is 1. The second-order valence-electron chi connectivity index (χ2n) is 5.18. The molecule has 27 heavy (non-hydrogen) atoms. The first-order chi connectivity index (χ1) is 12.6. The smallest absolute Gasteiger partial charge is 0.323 e. The molecule has 148 valence electrons. The molecule has 1 rings (SSSR count). The number of methoxy groups -OCH3 is 1. The molecule has 0 bridgehead atoms. The van der Waals surface area contributed by atoms with Gasteiger partial charge in [0.1, 0.15) is 13.2 Å². The average Bonchev–Trinajstić information content (AvgIpc) is 2.58. The lowest BCUT2D eigenvalue weighted by molar-refractivity contribution is -0.137. The highest BCUT2D eigenvalue weighted by Gasteiger charge is 2.30. The molecule has 0 saturated carbocycles. The molecule has 0 unspecified atom stereocenters. The maximum Gasteiger partial charge on any atom is 0.323 e. The number of benzene rings is 1. The molecule has 0 atom stereocenters. The summed E-state index contributed by atoms with van der Waals surface area (Å²) >= 11 is 5.70. The Morgan fingerprint density at radius 1 is 1.07 bits per heavy atom. The van der Waals surface area contributed by atoms with Gasteiger partial charge in [0.05, 0.1) is 24.0 Å². The molecule has 9 nitrogen and oxygen atoms in total. The number of likely N-dealkylation sites (N-methyl/N-ethyl adjacent to an activating group) is 1. The van der Waals surface area contributed by atoms with E-state index >= 15 is 0 Å². The quantitative estimate of drug-likeness (QED) is 0.369. The van der Waals surface area contributed by atoms with Crippen LogP contribution in [0.1, 0.15) is 20.7 Å². The highest BCUT2D eigenvalue weighted by molar-refractivity contribution is 14.1.